The van der Waals surface area contributed by atoms with Crippen molar-refractivity contribution in [1.82, 2.24) is 25.0 Å². The number of thioether (sulfide) groups is 1. The number of aryl methyl sites for hydroxylation is 2. The minimum absolute atomic E-state index is 0.146. The van der Waals surface area contributed by atoms with Crippen LogP contribution in [0.3, 0.4) is 0 Å². The molecule has 2 aromatic heterocycles. The number of H-pyrrole nitrogens is 1. The lowest BCUT2D eigenvalue weighted by atomic mass is 10.1. The molecule has 29 heavy (non-hydrogen) atoms. The zero-order valence-corrected chi connectivity index (χ0v) is 17.0. The smallest absolute Gasteiger partial charge is 0.343 e. The van der Waals surface area contributed by atoms with Crippen LogP contribution in [0.25, 0.3) is 11.5 Å². The van der Waals surface area contributed by atoms with Crippen LogP contribution in [0, 0.1) is 6.92 Å². The number of aromatic amines is 1. The number of nitrogens with one attached hydrogen (secondary N) is 1. The van der Waals surface area contributed by atoms with E-state index in [1.54, 1.807) is 4.57 Å². The average molecular weight is 407 g/mol. The predicted octanol–water partition coefficient (Wildman–Crippen LogP) is 4.03. The summed E-state index contributed by atoms with van der Waals surface area (Å²) in [7, 11) is 0. The molecule has 2 heterocycles. The van der Waals surface area contributed by atoms with Crippen molar-refractivity contribution in [2.45, 2.75) is 37.2 Å². The summed E-state index contributed by atoms with van der Waals surface area (Å²) in [5.41, 5.74) is 3.00. The topological polar surface area (TPSA) is 89.6 Å². The fraction of sp³-hybridized carbons (Fsp3) is 0.238. The molecule has 0 amide bonds. The van der Waals surface area contributed by atoms with Crippen LogP contribution in [0.2, 0.25) is 0 Å². The third kappa shape index (κ3) is 4.48. The van der Waals surface area contributed by atoms with Crippen LogP contribution in [0.1, 0.15) is 29.2 Å². The van der Waals surface area contributed by atoms with E-state index >= 15 is 0 Å². The van der Waals surface area contributed by atoms with E-state index in [9.17, 15) is 4.79 Å². The summed E-state index contributed by atoms with van der Waals surface area (Å²) in [6, 6.07) is 18.0. The molecule has 1 atom stereocenters. The van der Waals surface area contributed by atoms with Crippen molar-refractivity contribution in [1.29, 1.82) is 0 Å². The zero-order valence-electron chi connectivity index (χ0n) is 16.2. The number of rotatable bonds is 7. The van der Waals surface area contributed by atoms with E-state index in [4.69, 9.17) is 4.42 Å². The highest BCUT2D eigenvalue weighted by molar-refractivity contribution is 7.99. The Kier molecular flexibility index (Phi) is 5.62. The Morgan fingerprint density at radius 1 is 1.10 bits per heavy atom. The van der Waals surface area contributed by atoms with Gasteiger partial charge in [0.05, 0.1) is 5.25 Å². The molecule has 0 fully saturated rings. The Balaban J connectivity index is 1.47. The highest BCUT2D eigenvalue weighted by atomic mass is 32.2. The second-order valence-corrected chi connectivity index (χ2v) is 8.08. The summed E-state index contributed by atoms with van der Waals surface area (Å²) in [6.45, 7) is 4.54. The lowest BCUT2D eigenvalue weighted by Gasteiger charge is -2.08. The predicted molar refractivity (Wildman–Crippen MR) is 112 cm³/mol. The number of aromatic nitrogens is 5. The largest absolute Gasteiger partial charge is 0.419 e. The Hall–Kier alpha value is -3.13. The van der Waals surface area contributed by atoms with Gasteiger partial charge in [-0.15, -0.1) is 15.3 Å². The van der Waals surface area contributed by atoms with Gasteiger partial charge in [0, 0.05) is 12.1 Å². The molecule has 0 saturated carbocycles. The monoisotopic (exact) mass is 407 g/mol. The summed E-state index contributed by atoms with van der Waals surface area (Å²) in [5.74, 6) is 0.978. The summed E-state index contributed by atoms with van der Waals surface area (Å²) >= 11 is 1.41. The maximum Gasteiger partial charge on any atom is 0.343 e. The fourth-order valence-corrected chi connectivity index (χ4v) is 3.81. The zero-order chi connectivity index (χ0) is 20.2. The third-order valence-corrected chi connectivity index (χ3v) is 5.64. The van der Waals surface area contributed by atoms with Crippen LogP contribution in [0.5, 0.6) is 0 Å². The highest BCUT2D eigenvalue weighted by Gasteiger charge is 2.20. The first-order chi connectivity index (χ1) is 14.1. The van der Waals surface area contributed by atoms with Crippen molar-refractivity contribution in [2.75, 3.05) is 0 Å². The first-order valence-electron chi connectivity index (χ1n) is 9.36. The Labute approximate surface area is 172 Å². The molecule has 0 radical (unpaired) electrons. The maximum atomic E-state index is 12.2. The molecular weight excluding hydrogens is 386 g/mol. The number of benzene rings is 2. The van der Waals surface area contributed by atoms with Crippen molar-refractivity contribution >= 4 is 11.8 Å². The Morgan fingerprint density at radius 3 is 2.62 bits per heavy atom. The SMILES string of the molecule is Cc1ccc(-c2nnc([C@H](C)Sc3n[nH]c(=O)n3CCc3ccccc3)o2)cc1. The molecule has 148 valence electrons. The lowest BCUT2D eigenvalue weighted by molar-refractivity contribution is 0.508. The van der Waals surface area contributed by atoms with Crippen molar-refractivity contribution < 1.29 is 4.42 Å². The number of nitrogens with zero attached hydrogens (tertiary/aromatic N) is 4. The molecule has 0 saturated heterocycles. The highest BCUT2D eigenvalue weighted by Crippen LogP contribution is 2.33. The summed E-state index contributed by atoms with van der Waals surface area (Å²) in [5, 5.41) is 15.5. The molecule has 4 aromatic rings. The Morgan fingerprint density at radius 2 is 1.86 bits per heavy atom. The quantitative estimate of drug-likeness (QED) is 0.465. The van der Waals surface area contributed by atoms with Gasteiger partial charge in [0.1, 0.15) is 0 Å². The van der Waals surface area contributed by atoms with Gasteiger partial charge in [0.15, 0.2) is 5.16 Å². The van der Waals surface area contributed by atoms with Crippen LogP contribution >= 0.6 is 11.8 Å². The van der Waals surface area contributed by atoms with Crippen LogP contribution in [-0.2, 0) is 13.0 Å². The van der Waals surface area contributed by atoms with Gasteiger partial charge in [0.2, 0.25) is 11.8 Å². The molecular formula is C21H21N5O2S. The Bertz CT molecular complexity index is 1130. The van der Waals surface area contributed by atoms with Gasteiger partial charge in [0.25, 0.3) is 0 Å². The van der Waals surface area contributed by atoms with Crippen LogP contribution < -0.4 is 5.69 Å². The van der Waals surface area contributed by atoms with Gasteiger partial charge in [-0.2, -0.15) is 0 Å². The van der Waals surface area contributed by atoms with Crippen LogP contribution in [0.15, 0.2) is 69.0 Å². The third-order valence-electron chi connectivity index (χ3n) is 4.56. The van der Waals surface area contributed by atoms with Crippen LogP contribution in [0.4, 0.5) is 0 Å². The van der Waals surface area contributed by atoms with E-state index < -0.39 is 0 Å². The van der Waals surface area contributed by atoms with Gasteiger partial charge in [-0.3, -0.25) is 4.57 Å². The van der Waals surface area contributed by atoms with Gasteiger partial charge < -0.3 is 4.42 Å². The van der Waals surface area contributed by atoms with E-state index in [2.05, 4.69) is 20.4 Å². The van der Waals surface area contributed by atoms with Gasteiger partial charge >= 0.3 is 5.69 Å². The molecule has 0 aliphatic heterocycles. The van der Waals surface area contributed by atoms with E-state index in [0.29, 0.717) is 23.5 Å². The summed E-state index contributed by atoms with van der Waals surface area (Å²) in [4.78, 5) is 12.2. The molecule has 0 aliphatic carbocycles. The molecule has 0 bridgehead atoms. The van der Waals surface area contributed by atoms with Crippen LogP contribution in [-0.4, -0.2) is 25.0 Å². The van der Waals surface area contributed by atoms with Crippen molar-refractivity contribution in [2.24, 2.45) is 0 Å². The molecule has 0 aliphatic rings. The first kappa shape index (κ1) is 19.2. The van der Waals surface area contributed by atoms with Crippen molar-refractivity contribution in [3.63, 3.8) is 0 Å². The van der Waals surface area contributed by atoms with E-state index in [1.165, 1.54) is 22.9 Å². The molecule has 7 nitrogen and oxygen atoms in total. The molecule has 8 heteroatoms. The molecule has 0 unspecified atom stereocenters. The standard InChI is InChI=1S/C21H21N5O2S/c1-14-8-10-17(11-9-14)19-23-22-18(28-19)15(2)29-21-25-24-20(27)26(21)13-12-16-6-4-3-5-7-16/h3-11,15H,12-13H2,1-2H3,(H,24,27)/t15-/m0/s1. The van der Waals surface area contributed by atoms with Gasteiger partial charge in [-0.25, -0.2) is 9.89 Å². The summed E-state index contributed by atoms with van der Waals surface area (Å²) < 4.78 is 7.50. The summed E-state index contributed by atoms with van der Waals surface area (Å²) in [6.07, 6.45) is 0.750. The van der Waals surface area contributed by atoms with E-state index in [1.807, 2.05) is 68.4 Å². The minimum Gasteiger partial charge on any atom is -0.419 e. The van der Waals surface area contributed by atoms with Gasteiger partial charge in [-0.1, -0.05) is 59.8 Å². The number of hydrogen-bond acceptors (Lipinski definition) is 6. The first-order valence-corrected chi connectivity index (χ1v) is 10.2. The fourth-order valence-electron chi connectivity index (χ4n) is 2.90. The van der Waals surface area contributed by atoms with Crippen molar-refractivity contribution in [3.8, 4) is 11.5 Å². The molecule has 2 aromatic carbocycles. The van der Waals surface area contributed by atoms with E-state index in [0.717, 1.165) is 12.0 Å². The minimum atomic E-state index is -0.221. The normalized spacial score (nSPS) is 12.2. The number of hydrogen-bond donors (Lipinski definition) is 1. The van der Waals surface area contributed by atoms with E-state index in [-0.39, 0.29) is 10.9 Å². The average Bonchev–Trinajstić information content (AvgIpc) is 3.35. The van der Waals surface area contributed by atoms with Crippen molar-refractivity contribution in [3.05, 3.63) is 82.1 Å². The molecule has 4 rings (SSSR count). The second-order valence-electron chi connectivity index (χ2n) is 6.77. The maximum absolute atomic E-state index is 12.2. The lowest BCUT2D eigenvalue weighted by Crippen LogP contribution is -2.19. The molecule has 0 spiro atoms. The van der Waals surface area contributed by atoms with Gasteiger partial charge in [-0.05, 0) is 38.0 Å². The molecule has 1 N–H and O–H groups in total. The second kappa shape index (κ2) is 8.48.